The molecule has 0 N–H and O–H groups in total. The van der Waals surface area contributed by atoms with Crippen molar-refractivity contribution in [3.05, 3.63) is 23.3 Å². The fourth-order valence-electron chi connectivity index (χ4n) is 2.12. The van der Waals surface area contributed by atoms with Gasteiger partial charge in [-0.15, -0.1) is 0 Å². The summed E-state index contributed by atoms with van der Waals surface area (Å²) in [6, 6.07) is 1.79. The van der Waals surface area contributed by atoms with Gasteiger partial charge in [0, 0.05) is 18.7 Å². The summed E-state index contributed by atoms with van der Waals surface area (Å²) in [5, 5.41) is 0. The van der Waals surface area contributed by atoms with Gasteiger partial charge in [-0.2, -0.15) is 0 Å². The lowest BCUT2D eigenvalue weighted by atomic mass is 10.2. The molecule has 4 heteroatoms. The largest absolute Gasteiger partial charge is 0.303 e. The van der Waals surface area contributed by atoms with E-state index in [1.54, 1.807) is 6.07 Å². The Morgan fingerprint density at radius 1 is 1.38 bits per heavy atom. The van der Waals surface area contributed by atoms with Crippen molar-refractivity contribution in [1.29, 1.82) is 0 Å². The predicted molar refractivity (Wildman–Crippen MR) is 61.5 cm³/mol. The molecule has 0 aromatic carbocycles. The van der Waals surface area contributed by atoms with E-state index < -0.39 is 0 Å². The summed E-state index contributed by atoms with van der Waals surface area (Å²) < 4.78 is 0. The first-order valence-electron chi connectivity index (χ1n) is 5.80. The zero-order chi connectivity index (χ0) is 11.4. The van der Waals surface area contributed by atoms with Crippen molar-refractivity contribution in [3.8, 4) is 0 Å². The van der Waals surface area contributed by atoms with Gasteiger partial charge in [0.1, 0.15) is 11.5 Å². The van der Waals surface area contributed by atoms with Crippen LogP contribution in [0, 0.1) is 6.92 Å². The molecule has 1 aliphatic rings. The number of hydrogen-bond acceptors (Lipinski definition) is 4. The third-order valence-electron chi connectivity index (χ3n) is 2.91. The second kappa shape index (κ2) is 5.16. The van der Waals surface area contributed by atoms with Crippen LogP contribution in [0.25, 0.3) is 0 Å². The third-order valence-corrected chi connectivity index (χ3v) is 2.91. The van der Waals surface area contributed by atoms with Crippen LogP contribution in [-0.2, 0) is 6.42 Å². The first-order valence-corrected chi connectivity index (χ1v) is 5.80. The normalized spacial score (nSPS) is 16.6. The number of carbonyl (C=O) groups excluding carboxylic acids is 1. The van der Waals surface area contributed by atoms with Gasteiger partial charge < -0.3 is 4.90 Å². The van der Waals surface area contributed by atoms with E-state index in [1.807, 2.05) is 6.92 Å². The lowest BCUT2D eigenvalue weighted by Gasteiger charge is -2.13. The van der Waals surface area contributed by atoms with E-state index in [0.717, 1.165) is 24.9 Å². The molecule has 0 atom stereocenters. The summed E-state index contributed by atoms with van der Waals surface area (Å²) in [6.45, 7) is 5.26. The maximum atomic E-state index is 10.7. The van der Waals surface area contributed by atoms with Crippen molar-refractivity contribution in [2.75, 3.05) is 19.6 Å². The van der Waals surface area contributed by atoms with Gasteiger partial charge in [0.15, 0.2) is 6.29 Å². The average Bonchev–Trinajstić information content (AvgIpc) is 2.78. The van der Waals surface area contributed by atoms with E-state index in [4.69, 9.17) is 0 Å². The van der Waals surface area contributed by atoms with Crippen LogP contribution >= 0.6 is 0 Å². The Hall–Kier alpha value is -1.29. The molecule has 0 spiro atoms. The molecule has 0 aliphatic carbocycles. The summed E-state index contributed by atoms with van der Waals surface area (Å²) in [5.74, 6) is 0.682. The number of nitrogens with zero attached hydrogens (tertiary/aromatic N) is 3. The van der Waals surface area contributed by atoms with Crippen LogP contribution in [0.3, 0.4) is 0 Å². The Morgan fingerprint density at radius 3 is 2.81 bits per heavy atom. The molecule has 1 saturated heterocycles. The minimum atomic E-state index is 0.490. The Morgan fingerprint density at radius 2 is 2.12 bits per heavy atom. The topological polar surface area (TPSA) is 46.1 Å². The highest BCUT2D eigenvalue weighted by molar-refractivity contribution is 5.71. The zero-order valence-electron chi connectivity index (χ0n) is 9.65. The minimum absolute atomic E-state index is 0.490. The maximum Gasteiger partial charge on any atom is 0.168 e. The van der Waals surface area contributed by atoms with E-state index in [0.29, 0.717) is 11.5 Å². The highest BCUT2D eigenvalue weighted by Crippen LogP contribution is 2.08. The van der Waals surface area contributed by atoms with E-state index >= 15 is 0 Å². The SMILES string of the molecule is Cc1nc(C=O)cc(CCN2CCCC2)n1. The van der Waals surface area contributed by atoms with E-state index in [9.17, 15) is 4.79 Å². The lowest BCUT2D eigenvalue weighted by Crippen LogP contribution is -2.22. The van der Waals surface area contributed by atoms with Crippen LogP contribution in [0.4, 0.5) is 0 Å². The molecule has 1 fully saturated rings. The molecular weight excluding hydrogens is 202 g/mol. The maximum absolute atomic E-state index is 10.7. The number of rotatable bonds is 4. The summed E-state index contributed by atoms with van der Waals surface area (Å²) in [7, 11) is 0. The van der Waals surface area contributed by atoms with Crippen molar-refractivity contribution in [3.63, 3.8) is 0 Å². The Bertz CT molecular complexity index is 373. The summed E-state index contributed by atoms with van der Waals surface area (Å²) in [4.78, 5) is 21.5. The summed E-state index contributed by atoms with van der Waals surface area (Å²) in [6.07, 6.45) is 4.31. The van der Waals surface area contributed by atoms with Crippen LogP contribution in [-0.4, -0.2) is 40.8 Å². The van der Waals surface area contributed by atoms with Crippen LogP contribution < -0.4 is 0 Å². The molecule has 0 amide bonds. The van der Waals surface area contributed by atoms with Crippen LogP contribution in [0.5, 0.6) is 0 Å². The van der Waals surface area contributed by atoms with Gasteiger partial charge in [0.25, 0.3) is 0 Å². The second-order valence-corrected chi connectivity index (χ2v) is 4.25. The molecule has 0 unspecified atom stereocenters. The molecule has 1 aromatic heterocycles. The van der Waals surface area contributed by atoms with Crippen molar-refractivity contribution in [2.24, 2.45) is 0 Å². The van der Waals surface area contributed by atoms with Crippen molar-refractivity contribution >= 4 is 6.29 Å². The fourth-order valence-corrected chi connectivity index (χ4v) is 2.12. The van der Waals surface area contributed by atoms with E-state index in [1.165, 1.54) is 25.9 Å². The highest BCUT2D eigenvalue weighted by Gasteiger charge is 2.11. The minimum Gasteiger partial charge on any atom is -0.303 e. The third kappa shape index (κ3) is 2.85. The molecule has 0 bridgehead atoms. The van der Waals surface area contributed by atoms with E-state index in [2.05, 4.69) is 14.9 Å². The lowest BCUT2D eigenvalue weighted by molar-refractivity contribution is 0.111. The van der Waals surface area contributed by atoms with Gasteiger partial charge in [-0.25, -0.2) is 9.97 Å². The number of hydrogen-bond donors (Lipinski definition) is 0. The van der Waals surface area contributed by atoms with Gasteiger partial charge in [0.05, 0.1) is 0 Å². The molecule has 1 aliphatic heterocycles. The van der Waals surface area contributed by atoms with E-state index in [-0.39, 0.29) is 0 Å². The van der Waals surface area contributed by atoms with Gasteiger partial charge >= 0.3 is 0 Å². The van der Waals surface area contributed by atoms with Gasteiger partial charge in [0.2, 0.25) is 0 Å². The fraction of sp³-hybridized carbons (Fsp3) is 0.583. The highest BCUT2D eigenvalue weighted by atomic mass is 16.1. The molecule has 4 nitrogen and oxygen atoms in total. The monoisotopic (exact) mass is 219 g/mol. The molecule has 16 heavy (non-hydrogen) atoms. The van der Waals surface area contributed by atoms with Gasteiger partial charge in [-0.05, 0) is 38.9 Å². The van der Waals surface area contributed by atoms with Gasteiger partial charge in [-0.1, -0.05) is 0 Å². The Kier molecular flexibility index (Phi) is 3.62. The molecular formula is C12H17N3O. The molecule has 1 aromatic rings. The van der Waals surface area contributed by atoms with Gasteiger partial charge in [-0.3, -0.25) is 4.79 Å². The van der Waals surface area contributed by atoms with Crippen molar-refractivity contribution in [1.82, 2.24) is 14.9 Å². The zero-order valence-corrected chi connectivity index (χ0v) is 9.65. The Labute approximate surface area is 95.7 Å². The van der Waals surface area contributed by atoms with Crippen molar-refractivity contribution in [2.45, 2.75) is 26.2 Å². The first kappa shape index (κ1) is 11.2. The predicted octanol–water partition coefficient (Wildman–Crippen LogP) is 1.24. The van der Waals surface area contributed by atoms with Crippen LogP contribution in [0.15, 0.2) is 6.07 Å². The molecule has 86 valence electrons. The summed E-state index contributed by atoms with van der Waals surface area (Å²) in [5.41, 5.74) is 1.46. The number of aryl methyl sites for hydroxylation is 1. The van der Waals surface area contributed by atoms with Crippen molar-refractivity contribution < 1.29 is 4.79 Å². The quantitative estimate of drug-likeness (QED) is 0.715. The number of aldehydes is 1. The first-order chi connectivity index (χ1) is 7.78. The van der Waals surface area contributed by atoms with Crippen LogP contribution in [0.1, 0.15) is 34.8 Å². The standard InChI is InChI=1S/C12H17N3O/c1-10-13-11(8-12(9-16)14-10)4-7-15-5-2-3-6-15/h8-9H,2-7H2,1H3. The molecule has 0 saturated carbocycles. The average molecular weight is 219 g/mol. The second-order valence-electron chi connectivity index (χ2n) is 4.25. The number of carbonyl (C=O) groups is 1. The number of likely N-dealkylation sites (tertiary alicyclic amines) is 1. The molecule has 2 heterocycles. The molecule has 0 radical (unpaired) electrons. The van der Waals surface area contributed by atoms with Crippen LogP contribution in [0.2, 0.25) is 0 Å². The summed E-state index contributed by atoms with van der Waals surface area (Å²) >= 11 is 0. The Balaban J connectivity index is 1.97. The molecule has 2 rings (SSSR count). The number of aromatic nitrogens is 2. The smallest absolute Gasteiger partial charge is 0.168 e.